The number of benzene rings is 1. The minimum Gasteiger partial charge on any atom is -0.286 e. The van der Waals surface area contributed by atoms with E-state index in [0.29, 0.717) is 10.1 Å². The molecule has 3 aromatic rings. The van der Waals surface area contributed by atoms with Crippen LogP contribution in [0.5, 0.6) is 0 Å². The lowest BCUT2D eigenvalue weighted by molar-refractivity contribution is -0.380. The zero-order valence-corrected chi connectivity index (χ0v) is 13.8. The third-order valence-electron chi connectivity index (χ3n) is 3.04. The Bertz CT molecular complexity index is 940. The molecular weight excluding hydrogens is 365 g/mol. The van der Waals surface area contributed by atoms with Crippen LogP contribution in [0.3, 0.4) is 0 Å². The number of hydrogen-bond donors (Lipinski definition) is 0. The summed E-state index contributed by atoms with van der Waals surface area (Å²) < 4.78 is 13.8. The number of anilines is 1. The van der Waals surface area contributed by atoms with Gasteiger partial charge in [0.25, 0.3) is 5.91 Å². The predicted molar refractivity (Wildman–Crippen MR) is 88.3 cm³/mol. The van der Waals surface area contributed by atoms with Gasteiger partial charge in [-0.05, 0) is 29.5 Å². The van der Waals surface area contributed by atoms with Crippen LogP contribution in [0.1, 0.15) is 9.67 Å². The number of nitrogens with zero attached hydrogens (tertiary/aromatic N) is 3. The fraction of sp³-hybridized carbons (Fsp3) is 0.0769. The van der Waals surface area contributed by atoms with Crippen LogP contribution in [0.2, 0.25) is 5.02 Å². The molecule has 1 amide bonds. The van der Waals surface area contributed by atoms with Crippen molar-refractivity contribution < 1.29 is 14.1 Å². The van der Waals surface area contributed by atoms with Crippen LogP contribution in [-0.4, -0.2) is 22.9 Å². The molecule has 0 N–H and O–H groups in total. The molecule has 0 atom stereocenters. The second-order valence-corrected chi connectivity index (χ2v) is 6.91. The number of amides is 1. The van der Waals surface area contributed by atoms with Crippen molar-refractivity contribution in [1.29, 1.82) is 0 Å². The van der Waals surface area contributed by atoms with Crippen molar-refractivity contribution in [3.63, 3.8) is 0 Å². The summed E-state index contributed by atoms with van der Waals surface area (Å²) in [5, 5.41) is 11.5. The maximum Gasteiger partial charge on any atom is 0.345 e. The van der Waals surface area contributed by atoms with E-state index in [1.54, 1.807) is 0 Å². The maximum atomic E-state index is 13.3. The molecule has 0 saturated carbocycles. The lowest BCUT2D eigenvalue weighted by Crippen LogP contribution is -2.25. The highest BCUT2D eigenvalue weighted by Gasteiger charge is 2.24. The highest BCUT2D eigenvalue weighted by Crippen LogP contribution is 2.37. The summed E-state index contributed by atoms with van der Waals surface area (Å²) in [5.41, 5.74) is 0. The topological polar surface area (TPSA) is 76.3 Å². The summed E-state index contributed by atoms with van der Waals surface area (Å²) in [6, 6.07) is 4.08. The van der Waals surface area contributed by atoms with Crippen molar-refractivity contribution in [2.24, 2.45) is 0 Å². The van der Waals surface area contributed by atoms with Crippen LogP contribution >= 0.6 is 34.3 Å². The number of halogens is 2. The van der Waals surface area contributed by atoms with Gasteiger partial charge in [0, 0.05) is 17.1 Å². The van der Waals surface area contributed by atoms with Crippen LogP contribution in [0.15, 0.2) is 24.4 Å². The normalized spacial score (nSPS) is 10.9. The van der Waals surface area contributed by atoms with E-state index in [0.717, 1.165) is 28.9 Å². The number of fused-ring (bicyclic) bond motifs is 1. The molecule has 2 heterocycles. The number of hydrogen-bond acceptors (Lipinski definition) is 6. The van der Waals surface area contributed by atoms with Gasteiger partial charge in [-0.15, -0.1) is 11.3 Å². The lowest BCUT2D eigenvalue weighted by atomic mass is 10.2. The molecule has 0 fully saturated rings. The average Bonchev–Trinajstić information content (AvgIpc) is 3.11. The van der Waals surface area contributed by atoms with E-state index < -0.39 is 16.6 Å². The lowest BCUT2D eigenvalue weighted by Gasteiger charge is -2.12. The molecule has 0 aliphatic carbocycles. The summed E-state index contributed by atoms with van der Waals surface area (Å²) in [7, 11) is 1.45. The summed E-state index contributed by atoms with van der Waals surface area (Å²) in [5.74, 6) is -0.876. The molecule has 6 nitrogen and oxygen atoms in total. The molecule has 118 valence electrons. The van der Waals surface area contributed by atoms with Gasteiger partial charge in [-0.1, -0.05) is 11.6 Å². The SMILES string of the molecule is CN(C(=O)c1sc2cc(F)ccc2c1Cl)c1ncc([N+](=O)[O-])s1. The molecule has 2 aromatic heterocycles. The van der Waals surface area contributed by atoms with E-state index >= 15 is 0 Å². The molecule has 0 saturated heterocycles. The molecule has 0 bridgehead atoms. The van der Waals surface area contributed by atoms with E-state index in [4.69, 9.17) is 11.6 Å². The summed E-state index contributed by atoms with van der Waals surface area (Å²) >= 11 is 8.05. The number of carbonyl (C=O) groups excluding carboxylic acids is 1. The largest absolute Gasteiger partial charge is 0.345 e. The molecule has 0 spiro atoms. The first kappa shape index (κ1) is 15.8. The smallest absolute Gasteiger partial charge is 0.286 e. The van der Waals surface area contributed by atoms with E-state index in [1.165, 1.54) is 30.1 Å². The van der Waals surface area contributed by atoms with Gasteiger partial charge in [0.1, 0.15) is 16.9 Å². The van der Waals surface area contributed by atoms with Gasteiger partial charge < -0.3 is 0 Å². The van der Waals surface area contributed by atoms with E-state index in [-0.39, 0.29) is 20.0 Å². The van der Waals surface area contributed by atoms with Gasteiger partial charge in [0.2, 0.25) is 0 Å². The van der Waals surface area contributed by atoms with Crippen LogP contribution in [0.4, 0.5) is 14.5 Å². The van der Waals surface area contributed by atoms with Crippen molar-refractivity contribution in [3.05, 3.63) is 50.2 Å². The quantitative estimate of drug-likeness (QED) is 0.507. The Labute approximate surface area is 141 Å². The Morgan fingerprint density at radius 2 is 2.17 bits per heavy atom. The molecule has 10 heteroatoms. The molecule has 1 aromatic carbocycles. The maximum absolute atomic E-state index is 13.3. The van der Waals surface area contributed by atoms with Crippen LogP contribution < -0.4 is 4.90 Å². The molecule has 0 radical (unpaired) electrons. The number of thiophene rings is 1. The first-order chi connectivity index (χ1) is 10.9. The van der Waals surface area contributed by atoms with E-state index in [1.807, 2.05) is 0 Å². The second-order valence-electron chi connectivity index (χ2n) is 4.49. The number of nitro groups is 1. The van der Waals surface area contributed by atoms with Gasteiger partial charge >= 0.3 is 5.00 Å². The summed E-state index contributed by atoms with van der Waals surface area (Å²) in [6.07, 6.45) is 1.09. The molecule has 0 aliphatic heterocycles. The van der Waals surface area contributed by atoms with Crippen LogP contribution in [0, 0.1) is 15.9 Å². The van der Waals surface area contributed by atoms with Crippen molar-refractivity contribution in [2.45, 2.75) is 0 Å². The molecule has 3 rings (SSSR count). The van der Waals surface area contributed by atoms with Crippen molar-refractivity contribution in [2.75, 3.05) is 11.9 Å². The number of aromatic nitrogens is 1. The molecule has 0 unspecified atom stereocenters. The summed E-state index contributed by atoms with van der Waals surface area (Å²) in [4.78, 5) is 28.0. The van der Waals surface area contributed by atoms with Gasteiger partial charge in [-0.3, -0.25) is 19.8 Å². The van der Waals surface area contributed by atoms with Gasteiger partial charge in [-0.2, -0.15) is 0 Å². The fourth-order valence-electron chi connectivity index (χ4n) is 1.91. The average molecular weight is 372 g/mol. The van der Waals surface area contributed by atoms with Crippen molar-refractivity contribution >= 4 is 60.4 Å². The Morgan fingerprint density at radius 1 is 1.43 bits per heavy atom. The van der Waals surface area contributed by atoms with Gasteiger partial charge in [0.05, 0.1) is 9.95 Å². The van der Waals surface area contributed by atoms with Crippen molar-refractivity contribution in [3.8, 4) is 0 Å². The van der Waals surface area contributed by atoms with E-state index in [2.05, 4.69) is 4.98 Å². The Kier molecular flexibility index (Phi) is 4.00. The first-order valence-electron chi connectivity index (χ1n) is 6.14. The number of rotatable bonds is 3. The second kappa shape index (κ2) is 5.84. The van der Waals surface area contributed by atoms with Crippen LogP contribution in [0.25, 0.3) is 10.1 Å². The van der Waals surface area contributed by atoms with Gasteiger partial charge in [0.15, 0.2) is 5.13 Å². The molecule has 23 heavy (non-hydrogen) atoms. The van der Waals surface area contributed by atoms with Crippen LogP contribution in [-0.2, 0) is 0 Å². The first-order valence-corrected chi connectivity index (χ1v) is 8.15. The fourth-order valence-corrected chi connectivity index (χ4v) is 4.12. The zero-order chi connectivity index (χ0) is 16.7. The standard InChI is InChI=1S/C13H7ClFN3O3S2/c1-17(13-16-5-9(23-13)18(20)21)12(19)11-10(14)7-3-2-6(15)4-8(7)22-11/h2-5H,1H3. The minimum atomic E-state index is -0.575. The summed E-state index contributed by atoms with van der Waals surface area (Å²) in [6.45, 7) is 0. The highest BCUT2D eigenvalue weighted by molar-refractivity contribution is 7.22. The minimum absolute atomic E-state index is 0.163. The number of carbonyl (C=O) groups is 1. The van der Waals surface area contributed by atoms with Gasteiger partial charge in [-0.25, -0.2) is 9.37 Å². The zero-order valence-electron chi connectivity index (χ0n) is 11.4. The monoisotopic (exact) mass is 371 g/mol. The molecule has 0 aliphatic rings. The molecular formula is C13H7ClFN3O3S2. The Morgan fingerprint density at radius 3 is 2.83 bits per heavy atom. The third kappa shape index (κ3) is 2.78. The Hall–Kier alpha value is -2.10. The van der Waals surface area contributed by atoms with Crippen molar-refractivity contribution in [1.82, 2.24) is 4.98 Å². The highest BCUT2D eigenvalue weighted by atomic mass is 35.5. The van der Waals surface area contributed by atoms with E-state index in [9.17, 15) is 19.3 Å². The number of thiazole rings is 1. The Balaban J connectivity index is 1.98. The third-order valence-corrected chi connectivity index (χ3v) is 5.71. The predicted octanol–water partition coefficient (Wildman–Crippen LogP) is 4.34.